The van der Waals surface area contributed by atoms with E-state index in [9.17, 15) is 18.3 Å². The average molecular weight is 391 g/mol. The van der Waals surface area contributed by atoms with Crippen LogP contribution in [0.25, 0.3) is 0 Å². The molecule has 0 radical (unpaired) electrons. The van der Waals surface area contributed by atoms with Crippen molar-refractivity contribution in [2.24, 2.45) is 0 Å². The van der Waals surface area contributed by atoms with Gasteiger partial charge in [0, 0.05) is 17.5 Å². The van der Waals surface area contributed by atoms with E-state index in [0.717, 1.165) is 36.6 Å². The van der Waals surface area contributed by atoms with Crippen LogP contribution in [0.15, 0.2) is 24.4 Å². The van der Waals surface area contributed by atoms with E-state index in [1.54, 1.807) is 12.3 Å². The molecule has 1 aliphatic carbocycles. The standard InChI is InChI=1S/C19H25N3O4S/c1-19(2,3)17-20-16(11-22(17)18(23)24)14-9-5-8-13-12(14)7-6-10-15(13)21-27(4,25)26/h6-7,10-11,14,21H,5,8-9H2,1-4H3,(H,23,24). The molecule has 0 fully saturated rings. The van der Waals surface area contributed by atoms with Gasteiger partial charge in [0.05, 0.1) is 17.6 Å². The van der Waals surface area contributed by atoms with E-state index in [1.807, 2.05) is 32.9 Å². The maximum absolute atomic E-state index is 11.7. The summed E-state index contributed by atoms with van der Waals surface area (Å²) in [5, 5.41) is 9.55. The van der Waals surface area contributed by atoms with E-state index in [1.165, 1.54) is 4.57 Å². The lowest BCUT2D eigenvalue weighted by Gasteiger charge is -2.26. The minimum atomic E-state index is -3.37. The predicted octanol–water partition coefficient (Wildman–Crippen LogP) is 3.55. The van der Waals surface area contributed by atoms with Crippen LogP contribution in [0.4, 0.5) is 10.5 Å². The molecule has 1 atom stereocenters. The molecular weight excluding hydrogens is 366 g/mol. The predicted molar refractivity (Wildman–Crippen MR) is 104 cm³/mol. The van der Waals surface area contributed by atoms with Crippen molar-refractivity contribution in [2.45, 2.75) is 51.4 Å². The third-order valence-electron chi connectivity index (χ3n) is 4.76. The fourth-order valence-corrected chi connectivity index (χ4v) is 4.28. The second kappa shape index (κ2) is 6.67. The highest BCUT2D eigenvalue weighted by molar-refractivity contribution is 7.92. The zero-order valence-corrected chi connectivity index (χ0v) is 16.8. The number of hydrogen-bond acceptors (Lipinski definition) is 4. The molecular formula is C19H25N3O4S. The van der Waals surface area contributed by atoms with Gasteiger partial charge in [0.1, 0.15) is 5.82 Å². The van der Waals surface area contributed by atoms with E-state index in [0.29, 0.717) is 17.2 Å². The lowest BCUT2D eigenvalue weighted by molar-refractivity contribution is 0.194. The molecule has 2 aromatic rings. The highest BCUT2D eigenvalue weighted by Gasteiger charge is 2.30. The molecule has 8 heteroatoms. The minimum absolute atomic E-state index is 0.0586. The SMILES string of the molecule is CC(C)(C)c1nc(C2CCCc3c(NS(C)(=O)=O)cccc32)cn1C(=O)O. The van der Waals surface area contributed by atoms with Crippen LogP contribution in [-0.2, 0) is 21.9 Å². The quantitative estimate of drug-likeness (QED) is 0.833. The summed E-state index contributed by atoms with van der Waals surface area (Å²) in [5.74, 6) is 0.444. The van der Waals surface area contributed by atoms with Crippen molar-refractivity contribution in [1.29, 1.82) is 0 Å². The van der Waals surface area contributed by atoms with Gasteiger partial charge < -0.3 is 5.11 Å². The van der Waals surface area contributed by atoms with Gasteiger partial charge >= 0.3 is 6.09 Å². The lowest BCUT2D eigenvalue weighted by Crippen LogP contribution is -2.22. The van der Waals surface area contributed by atoms with Crippen LogP contribution < -0.4 is 4.72 Å². The van der Waals surface area contributed by atoms with Crippen molar-refractivity contribution in [3.8, 4) is 0 Å². The Morgan fingerprint density at radius 3 is 2.59 bits per heavy atom. The van der Waals surface area contributed by atoms with E-state index in [4.69, 9.17) is 0 Å². The topological polar surface area (TPSA) is 101 Å². The molecule has 7 nitrogen and oxygen atoms in total. The Balaban J connectivity index is 2.09. The van der Waals surface area contributed by atoms with Gasteiger partial charge in [0.2, 0.25) is 10.0 Å². The Labute approximate surface area is 159 Å². The number of nitrogens with zero attached hydrogens (tertiary/aromatic N) is 2. The molecule has 1 unspecified atom stereocenters. The summed E-state index contributed by atoms with van der Waals surface area (Å²) in [6.45, 7) is 5.80. The Morgan fingerprint density at radius 1 is 1.33 bits per heavy atom. The first-order valence-corrected chi connectivity index (χ1v) is 10.8. The highest BCUT2D eigenvalue weighted by Crippen LogP contribution is 2.40. The normalized spacial score (nSPS) is 17.4. The van der Waals surface area contributed by atoms with Crippen LogP contribution in [0.2, 0.25) is 0 Å². The second-order valence-corrected chi connectivity index (χ2v) is 9.83. The maximum atomic E-state index is 11.7. The molecule has 146 valence electrons. The fraction of sp³-hybridized carbons (Fsp3) is 0.474. The summed E-state index contributed by atoms with van der Waals surface area (Å²) in [6.07, 6.45) is 4.18. The van der Waals surface area contributed by atoms with Crippen molar-refractivity contribution >= 4 is 21.8 Å². The number of nitrogens with one attached hydrogen (secondary N) is 1. The van der Waals surface area contributed by atoms with Gasteiger partial charge in [-0.15, -0.1) is 0 Å². The molecule has 1 heterocycles. The number of imidazole rings is 1. The number of anilines is 1. The molecule has 0 bridgehead atoms. The molecule has 0 aliphatic heterocycles. The summed E-state index contributed by atoms with van der Waals surface area (Å²) < 4.78 is 27.1. The number of carbonyl (C=O) groups is 1. The van der Waals surface area contributed by atoms with Crippen molar-refractivity contribution in [1.82, 2.24) is 9.55 Å². The van der Waals surface area contributed by atoms with Gasteiger partial charge in [-0.3, -0.25) is 4.72 Å². The van der Waals surface area contributed by atoms with Crippen molar-refractivity contribution in [3.63, 3.8) is 0 Å². The van der Waals surface area contributed by atoms with Crippen molar-refractivity contribution in [2.75, 3.05) is 11.0 Å². The number of benzene rings is 1. The monoisotopic (exact) mass is 391 g/mol. The first-order chi connectivity index (χ1) is 12.5. The van der Waals surface area contributed by atoms with Crippen LogP contribution >= 0.6 is 0 Å². The van der Waals surface area contributed by atoms with Crippen molar-refractivity contribution in [3.05, 3.63) is 47.0 Å². The number of sulfonamides is 1. The molecule has 0 amide bonds. The average Bonchev–Trinajstić information content (AvgIpc) is 2.99. The van der Waals surface area contributed by atoms with E-state index >= 15 is 0 Å². The van der Waals surface area contributed by atoms with Gasteiger partial charge in [-0.2, -0.15) is 0 Å². The van der Waals surface area contributed by atoms with Crippen LogP contribution in [-0.4, -0.2) is 35.4 Å². The highest BCUT2D eigenvalue weighted by atomic mass is 32.2. The molecule has 1 aromatic heterocycles. The summed E-state index contributed by atoms with van der Waals surface area (Å²) in [4.78, 5) is 16.3. The number of carboxylic acid groups (broad SMARTS) is 1. The van der Waals surface area contributed by atoms with Crippen LogP contribution in [0.3, 0.4) is 0 Å². The largest absolute Gasteiger partial charge is 0.464 e. The van der Waals surface area contributed by atoms with Gasteiger partial charge in [-0.05, 0) is 36.5 Å². The summed E-state index contributed by atoms with van der Waals surface area (Å²) >= 11 is 0. The van der Waals surface area contributed by atoms with Gasteiger partial charge in [0.15, 0.2) is 0 Å². The van der Waals surface area contributed by atoms with Gasteiger partial charge in [-0.25, -0.2) is 22.8 Å². The number of aromatic nitrogens is 2. The van der Waals surface area contributed by atoms with E-state index < -0.39 is 21.5 Å². The minimum Gasteiger partial charge on any atom is -0.464 e. The molecule has 3 rings (SSSR count). The summed E-state index contributed by atoms with van der Waals surface area (Å²) in [5.41, 5.74) is 2.85. The number of fused-ring (bicyclic) bond motifs is 1. The molecule has 0 saturated carbocycles. The Hall–Kier alpha value is -2.35. The molecule has 27 heavy (non-hydrogen) atoms. The molecule has 0 spiro atoms. The Kier molecular flexibility index (Phi) is 4.80. The zero-order valence-electron chi connectivity index (χ0n) is 16.0. The van der Waals surface area contributed by atoms with E-state index in [-0.39, 0.29) is 5.92 Å². The summed E-state index contributed by atoms with van der Waals surface area (Å²) in [7, 11) is -3.37. The fourth-order valence-electron chi connectivity index (χ4n) is 3.69. The van der Waals surface area contributed by atoms with Crippen LogP contribution in [0.5, 0.6) is 0 Å². The number of hydrogen-bond donors (Lipinski definition) is 2. The Morgan fingerprint density at radius 2 is 2.04 bits per heavy atom. The van der Waals surface area contributed by atoms with E-state index in [2.05, 4.69) is 9.71 Å². The first kappa shape index (κ1) is 19.4. The summed E-state index contributed by atoms with van der Waals surface area (Å²) in [6, 6.07) is 5.56. The second-order valence-electron chi connectivity index (χ2n) is 8.08. The van der Waals surface area contributed by atoms with Crippen LogP contribution in [0.1, 0.15) is 62.2 Å². The molecule has 1 aliphatic rings. The smallest absolute Gasteiger partial charge is 0.417 e. The third-order valence-corrected chi connectivity index (χ3v) is 5.35. The molecule has 0 saturated heterocycles. The third kappa shape index (κ3) is 4.00. The van der Waals surface area contributed by atoms with Crippen LogP contribution in [0, 0.1) is 0 Å². The molecule has 2 N–H and O–H groups in total. The van der Waals surface area contributed by atoms with Gasteiger partial charge in [0.25, 0.3) is 0 Å². The zero-order chi connectivity index (χ0) is 20.0. The maximum Gasteiger partial charge on any atom is 0.417 e. The lowest BCUT2D eigenvalue weighted by atomic mass is 9.80. The Bertz CT molecular complexity index is 987. The number of rotatable bonds is 3. The van der Waals surface area contributed by atoms with Crippen molar-refractivity contribution < 1.29 is 18.3 Å². The molecule has 1 aromatic carbocycles. The van der Waals surface area contributed by atoms with Gasteiger partial charge in [-0.1, -0.05) is 32.9 Å². The first-order valence-electron chi connectivity index (χ1n) is 8.90.